The Labute approximate surface area is 99.8 Å². The molecule has 15 heavy (non-hydrogen) atoms. The van der Waals surface area contributed by atoms with Crippen molar-refractivity contribution in [3.8, 4) is 0 Å². The Morgan fingerprint density at radius 1 is 1.40 bits per heavy atom. The number of aromatic nitrogens is 1. The third-order valence-corrected chi connectivity index (χ3v) is 4.02. The Hall–Kier alpha value is -0.310. The molecule has 4 heteroatoms. The van der Waals surface area contributed by atoms with Crippen LogP contribution in [-0.4, -0.2) is 10.5 Å². The maximum atomic E-state index is 6.19. The van der Waals surface area contributed by atoms with Gasteiger partial charge in [0, 0.05) is 17.2 Å². The molecule has 1 aromatic rings. The summed E-state index contributed by atoms with van der Waals surface area (Å²) >= 11 is 11.8. The van der Waals surface area contributed by atoms with Crippen molar-refractivity contribution in [3.05, 3.63) is 28.0 Å². The lowest BCUT2D eigenvalue weighted by Gasteiger charge is -2.31. The summed E-state index contributed by atoms with van der Waals surface area (Å²) in [5, 5.41) is 0.857. The summed E-state index contributed by atoms with van der Waals surface area (Å²) in [7, 11) is 0. The first-order valence-electron chi connectivity index (χ1n) is 4.97. The van der Waals surface area contributed by atoms with E-state index in [0.29, 0.717) is 10.2 Å². The highest BCUT2D eigenvalue weighted by Gasteiger charge is 2.53. The van der Waals surface area contributed by atoms with Gasteiger partial charge in [-0.15, -0.1) is 0 Å². The van der Waals surface area contributed by atoms with Crippen LogP contribution in [0.4, 0.5) is 0 Å². The van der Waals surface area contributed by atoms with Crippen LogP contribution in [0.25, 0.3) is 0 Å². The molecule has 2 N–H and O–H groups in total. The van der Waals surface area contributed by atoms with E-state index in [-0.39, 0.29) is 11.0 Å². The molecule has 1 aliphatic rings. The molecule has 1 fully saturated rings. The molecule has 0 amide bonds. The zero-order valence-corrected chi connectivity index (χ0v) is 10.4. The van der Waals surface area contributed by atoms with Gasteiger partial charge in [-0.25, -0.2) is 4.98 Å². The number of nitrogens with two attached hydrogens (primary N) is 1. The second kappa shape index (κ2) is 3.34. The fourth-order valence-electron chi connectivity index (χ4n) is 2.11. The SMILES string of the molecule is CC(C)(N)C1(c2cnc(Cl)c(Cl)c2)CC1. The minimum atomic E-state index is -0.244. The molecule has 0 spiro atoms. The van der Waals surface area contributed by atoms with E-state index in [1.54, 1.807) is 6.20 Å². The number of halogens is 2. The lowest BCUT2D eigenvalue weighted by atomic mass is 9.80. The summed E-state index contributed by atoms with van der Waals surface area (Å²) in [6.07, 6.45) is 3.97. The number of pyridine rings is 1. The van der Waals surface area contributed by atoms with Crippen LogP contribution in [0.2, 0.25) is 10.2 Å². The van der Waals surface area contributed by atoms with Crippen molar-refractivity contribution >= 4 is 23.2 Å². The van der Waals surface area contributed by atoms with Gasteiger partial charge in [-0.1, -0.05) is 23.2 Å². The van der Waals surface area contributed by atoms with Gasteiger partial charge in [-0.2, -0.15) is 0 Å². The maximum absolute atomic E-state index is 6.19. The van der Waals surface area contributed by atoms with Gasteiger partial charge in [-0.05, 0) is 38.3 Å². The monoisotopic (exact) mass is 244 g/mol. The molecule has 1 aliphatic carbocycles. The summed E-state index contributed by atoms with van der Waals surface area (Å²) in [4.78, 5) is 4.08. The van der Waals surface area contributed by atoms with Gasteiger partial charge >= 0.3 is 0 Å². The lowest BCUT2D eigenvalue weighted by molar-refractivity contribution is 0.391. The predicted octanol–water partition coefficient (Wildman–Crippen LogP) is 3.16. The van der Waals surface area contributed by atoms with E-state index in [0.717, 1.165) is 18.4 Å². The maximum Gasteiger partial charge on any atom is 0.147 e. The second-order valence-corrected chi connectivity index (χ2v) is 5.57. The van der Waals surface area contributed by atoms with Crippen LogP contribution in [0, 0.1) is 0 Å². The fraction of sp³-hybridized carbons (Fsp3) is 0.545. The van der Waals surface area contributed by atoms with Crippen molar-refractivity contribution in [1.82, 2.24) is 4.98 Å². The van der Waals surface area contributed by atoms with E-state index in [9.17, 15) is 0 Å². The van der Waals surface area contributed by atoms with Gasteiger partial charge < -0.3 is 5.73 Å². The number of hydrogen-bond donors (Lipinski definition) is 1. The highest BCUT2D eigenvalue weighted by atomic mass is 35.5. The first kappa shape index (κ1) is 11.2. The smallest absolute Gasteiger partial charge is 0.147 e. The molecule has 0 unspecified atom stereocenters. The van der Waals surface area contributed by atoms with Crippen LogP contribution in [0.5, 0.6) is 0 Å². The van der Waals surface area contributed by atoms with Crippen LogP contribution >= 0.6 is 23.2 Å². The van der Waals surface area contributed by atoms with Gasteiger partial charge in [0.05, 0.1) is 5.02 Å². The Morgan fingerprint density at radius 3 is 2.40 bits per heavy atom. The molecule has 0 atom stereocenters. The van der Waals surface area contributed by atoms with Gasteiger partial charge in [0.15, 0.2) is 0 Å². The molecule has 1 aromatic heterocycles. The second-order valence-electron chi connectivity index (χ2n) is 4.80. The van der Waals surface area contributed by atoms with Crippen LogP contribution in [0.15, 0.2) is 12.3 Å². The topological polar surface area (TPSA) is 38.9 Å². The molecule has 0 radical (unpaired) electrons. The molecule has 1 heterocycles. The molecule has 2 rings (SSSR count). The van der Waals surface area contributed by atoms with E-state index >= 15 is 0 Å². The average Bonchev–Trinajstić information content (AvgIpc) is 2.88. The van der Waals surface area contributed by atoms with Crippen molar-refractivity contribution in [1.29, 1.82) is 0 Å². The third kappa shape index (κ3) is 1.75. The zero-order valence-electron chi connectivity index (χ0n) is 8.85. The molecule has 0 aromatic carbocycles. The highest BCUT2D eigenvalue weighted by molar-refractivity contribution is 6.41. The Morgan fingerprint density at radius 2 is 2.00 bits per heavy atom. The molecule has 0 aliphatic heterocycles. The van der Waals surface area contributed by atoms with Gasteiger partial charge in [0.2, 0.25) is 0 Å². The summed E-state index contributed by atoms with van der Waals surface area (Å²) in [5.41, 5.74) is 7.09. The first-order valence-corrected chi connectivity index (χ1v) is 5.73. The van der Waals surface area contributed by atoms with Gasteiger partial charge in [0.1, 0.15) is 5.15 Å². The number of rotatable bonds is 2. The Kier molecular flexibility index (Phi) is 2.49. The van der Waals surface area contributed by atoms with E-state index in [1.165, 1.54) is 0 Å². The molecule has 0 bridgehead atoms. The molecule has 1 saturated carbocycles. The van der Waals surface area contributed by atoms with Crippen molar-refractivity contribution in [3.63, 3.8) is 0 Å². The van der Waals surface area contributed by atoms with Crippen LogP contribution in [-0.2, 0) is 5.41 Å². The fourth-order valence-corrected chi connectivity index (χ4v) is 2.38. The largest absolute Gasteiger partial charge is 0.325 e. The van der Waals surface area contributed by atoms with Gasteiger partial charge in [-0.3, -0.25) is 0 Å². The summed E-state index contributed by atoms with van der Waals surface area (Å²) in [5.74, 6) is 0. The van der Waals surface area contributed by atoms with E-state index in [2.05, 4.69) is 4.98 Å². The molecule has 0 saturated heterocycles. The molecular weight excluding hydrogens is 231 g/mol. The minimum absolute atomic E-state index is 0.0359. The van der Waals surface area contributed by atoms with Crippen molar-refractivity contribution in [2.24, 2.45) is 5.73 Å². The molecule has 82 valence electrons. The van der Waals surface area contributed by atoms with Gasteiger partial charge in [0.25, 0.3) is 0 Å². The number of nitrogens with zero attached hydrogens (tertiary/aromatic N) is 1. The van der Waals surface area contributed by atoms with Crippen molar-refractivity contribution in [2.45, 2.75) is 37.6 Å². The highest BCUT2D eigenvalue weighted by Crippen LogP contribution is 2.54. The first-order chi connectivity index (χ1) is 6.87. The summed E-state index contributed by atoms with van der Waals surface area (Å²) in [6.45, 7) is 4.09. The lowest BCUT2D eigenvalue weighted by Crippen LogP contribution is -2.45. The predicted molar refractivity (Wildman–Crippen MR) is 63.4 cm³/mol. The van der Waals surface area contributed by atoms with E-state index in [4.69, 9.17) is 28.9 Å². The van der Waals surface area contributed by atoms with Crippen molar-refractivity contribution in [2.75, 3.05) is 0 Å². The number of hydrogen-bond acceptors (Lipinski definition) is 2. The Balaban J connectivity index is 2.43. The van der Waals surface area contributed by atoms with E-state index < -0.39 is 0 Å². The quantitative estimate of drug-likeness (QED) is 0.813. The van der Waals surface area contributed by atoms with E-state index in [1.807, 2.05) is 19.9 Å². The van der Waals surface area contributed by atoms with Crippen molar-refractivity contribution < 1.29 is 0 Å². The van der Waals surface area contributed by atoms with Crippen LogP contribution in [0.3, 0.4) is 0 Å². The van der Waals surface area contributed by atoms with Crippen LogP contribution in [0.1, 0.15) is 32.3 Å². The normalized spacial score (nSPS) is 19.0. The summed E-state index contributed by atoms with van der Waals surface area (Å²) < 4.78 is 0. The zero-order chi connectivity index (χ0) is 11.3. The minimum Gasteiger partial charge on any atom is -0.325 e. The summed E-state index contributed by atoms with van der Waals surface area (Å²) in [6, 6.07) is 1.89. The Bertz CT molecular complexity index is 392. The molecule has 2 nitrogen and oxygen atoms in total. The average molecular weight is 245 g/mol. The molecular formula is C11H14Cl2N2. The van der Waals surface area contributed by atoms with Crippen LogP contribution < -0.4 is 5.73 Å². The third-order valence-electron chi connectivity index (χ3n) is 3.33. The standard InChI is InChI=1S/C11H14Cl2N2/c1-10(2,14)11(3-4-11)7-5-8(12)9(13)15-6-7/h5-6H,3-4,14H2,1-2H3.